The summed E-state index contributed by atoms with van der Waals surface area (Å²) in [6.07, 6.45) is 1.77. The van der Waals surface area contributed by atoms with E-state index in [9.17, 15) is 4.79 Å². The van der Waals surface area contributed by atoms with Crippen molar-refractivity contribution < 1.29 is 4.79 Å². The van der Waals surface area contributed by atoms with Crippen LogP contribution in [-0.4, -0.2) is 10.8 Å². The number of ketones is 1. The monoisotopic (exact) mass is 377 g/mol. The molecule has 0 aliphatic rings. The molecule has 0 fully saturated rings. The highest BCUT2D eigenvalue weighted by atomic mass is 79.9. The summed E-state index contributed by atoms with van der Waals surface area (Å²) in [4.78, 5) is 15.6. The fourth-order valence-electron chi connectivity index (χ4n) is 2.04. The first-order chi connectivity index (χ1) is 9.15. The van der Waals surface area contributed by atoms with Gasteiger partial charge in [0.1, 0.15) is 0 Å². The Bertz CT molecular complexity index is 759. The molecule has 19 heavy (non-hydrogen) atoms. The molecule has 94 valence electrons. The minimum atomic E-state index is 0.0249. The number of nitrogens with one attached hydrogen (secondary N) is 1. The molecule has 0 aliphatic carbocycles. The molecule has 2 nitrogen and oxygen atoms in total. The SMILES string of the molecule is O=C(c1ccc(Br)cc1)c1c[nH]c2ccc(Br)cc12. The lowest BCUT2D eigenvalue weighted by atomic mass is 10.0. The zero-order chi connectivity index (χ0) is 13.4. The van der Waals surface area contributed by atoms with Crippen LogP contribution in [-0.2, 0) is 0 Å². The average Bonchev–Trinajstić information content (AvgIpc) is 2.81. The molecule has 1 N–H and O–H groups in total. The van der Waals surface area contributed by atoms with E-state index >= 15 is 0 Å². The van der Waals surface area contributed by atoms with Crippen molar-refractivity contribution in [2.24, 2.45) is 0 Å². The summed E-state index contributed by atoms with van der Waals surface area (Å²) in [5.41, 5.74) is 2.34. The van der Waals surface area contributed by atoms with Crippen molar-refractivity contribution >= 4 is 48.5 Å². The van der Waals surface area contributed by atoms with Gasteiger partial charge in [-0.2, -0.15) is 0 Å². The molecule has 3 rings (SSSR count). The Kier molecular flexibility index (Phi) is 3.29. The van der Waals surface area contributed by atoms with Crippen molar-refractivity contribution in [1.82, 2.24) is 4.98 Å². The highest BCUT2D eigenvalue weighted by molar-refractivity contribution is 9.10. The number of benzene rings is 2. The minimum absolute atomic E-state index is 0.0249. The van der Waals surface area contributed by atoms with Gasteiger partial charge in [0.15, 0.2) is 5.78 Å². The topological polar surface area (TPSA) is 32.9 Å². The summed E-state index contributed by atoms with van der Waals surface area (Å²) in [5, 5.41) is 0.933. The molecular weight excluding hydrogens is 370 g/mol. The van der Waals surface area contributed by atoms with Gasteiger partial charge in [0, 0.05) is 37.2 Å². The number of hydrogen-bond donors (Lipinski definition) is 1. The van der Waals surface area contributed by atoms with E-state index in [1.54, 1.807) is 6.20 Å². The highest BCUT2D eigenvalue weighted by Gasteiger charge is 2.14. The zero-order valence-electron chi connectivity index (χ0n) is 9.78. The Balaban J connectivity index is 2.11. The maximum atomic E-state index is 12.5. The van der Waals surface area contributed by atoms with E-state index in [1.165, 1.54) is 0 Å². The molecule has 1 heterocycles. The zero-order valence-corrected chi connectivity index (χ0v) is 13.0. The molecule has 0 bridgehead atoms. The van der Waals surface area contributed by atoms with E-state index in [2.05, 4.69) is 36.8 Å². The third-order valence-corrected chi connectivity index (χ3v) is 4.02. The van der Waals surface area contributed by atoms with Gasteiger partial charge >= 0.3 is 0 Å². The summed E-state index contributed by atoms with van der Waals surface area (Å²) >= 11 is 6.80. The normalized spacial score (nSPS) is 10.8. The van der Waals surface area contributed by atoms with Crippen LogP contribution in [0.3, 0.4) is 0 Å². The highest BCUT2D eigenvalue weighted by Crippen LogP contribution is 2.25. The molecule has 1 aromatic heterocycles. The molecule has 3 aromatic rings. The molecule has 4 heteroatoms. The van der Waals surface area contributed by atoms with Gasteiger partial charge in [0.25, 0.3) is 0 Å². The number of halogens is 2. The second kappa shape index (κ2) is 4.94. The molecule has 0 saturated carbocycles. The Morgan fingerprint density at radius 3 is 2.37 bits per heavy atom. The van der Waals surface area contributed by atoms with Crippen LogP contribution in [0.25, 0.3) is 10.9 Å². The fourth-order valence-corrected chi connectivity index (χ4v) is 2.66. The van der Waals surface area contributed by atoms with Gasteiger partial charge in [0.2, 0.25) is 0 Å². The Morgan fingerprint density at radius 1 is 0.947 bits per heavy atom. The summed E-state index contributed by atoms with van der Waals surface area (Å²) in [6, 6.07) is 13.3. The Labute approximate surface area is 127 Å². The third-order valence-electron chi connectivity index (χ3n) is 2.99. The lowest BCUT2D eigenvalue weighted by molar-refractivity contribution is 0.104. The number of carbonyl (C=O) groups excluding carboxylic acids is 1. The molecule has 0 saturated heterocycles. The van der Waals surface area contributed by atoms with Crippen LogP contribution in [0.2, 0.25) is 0 Å². The maximum Gasteiger partial charge on any atom is 0.195 e. The van der Waals surface area contributed by atoms with Crippen molar-refractivity contribution in [2.75, 3.05) is 0 Å². The smallest absolute Gasteiger partial charge is 0.195 e. The number of aromatic amines is 1. The molecule has 0 aliphatic heterocycles. The Hall–Kier alpha value is -1.39. The van der Waals surface area contributed by atoms with Gasteiger partial charge in [-0.25, -0.2) is 0 Å². The van der Waals surface area contributed by atoms with Crippen LogP contribution in [0.4, 0.5) is 0 Å². The largest absolute Gasteiger partial charge is 0.360 e. The van der Waals surface area contributed by atoms with Crippen molar-refractivity contribution in [2.45, 2.75) is 0 Å². The fraction of sp³-hybridized carbons (Fsp3) is 0. The van der Waals surface area contributed by atoms with Gasteiger partial charge in [-0.1, -0.05) is 31.9 Å². The van der Waals surface area contributed by atoms with Crippen molar-refractivity contribution in [3.8, 4) is 0 Å². The lowest BCUT2D eigenvalue weighted by Crippen LogP contribution is -1.99. The molecule has 0 unspecified atom stereocenters. The van der Waals surface area contributed by atoms with Crippen LogP contribution < -0.4 is 0 Å². The van der Waals surface area contributed by atoms with Gasteiger partial charge < -0.3 is 4.98 Å². The van der Waals surface area contributed by atoms with E-state index in [4.69, 9.17) is 0 Å². The lowest BCUT2D eigenvalue weighted by Gasteiger charge is -2.00. The first-order valence-electron chi connectivity index (χ1n) is 5.72. The van der Waals surface area contributed by atoms with Crippen molar-refractivity contribution in [1.29, 1.82) is 0 Å². The Morgan fingerprint density at radius 2 is 1.63 bits per heavy atom. The molecule has 0 spiro atoms. The van der Waals surface area contributed by atoms with Crippen LogP contribution >= 0.6 is 31.9 Å². The van der Waals surface area contributed by atoms with Gasteiger partial charge in [-0.05, 0) is 42.5 Å². The van der Waals surface area contributed by atoms with Crippen molar-refractivity contribution in [3.05, 3.63) is 68.7 Å². The number of H-pyrrole nitrogens is 1. The molecule has 0 radical (unpaired) electrons. The van der Waals surface area contributed by atoms with Gasteiger partial charge in [0.05, 0.1) is 0 Å². The number of aromatic nitrogens is 1. The summed E-state index contributed by atoms with van der Waals surface area (Å²) < 4.78 is 1.93. The molecule has 0 amide bonds. The van der Waals surface area contributed by atoms with E-state index in [0.29, 0.717) is 11.1 Å². The van der Waals surface area contributed by atoms with Crippen LogP contribution in [0.15, 0.2) is 57.6 Å². The quantitative estimate of drug-likeness (QED) is 0.630. The number of fused-ring (bicyclic) bond motifs is 1. The summed E-state index contributed by atoms with van der Waals surface area (Å²) in [7, 11) is 0. The molecular formula is C15H9Br2NO. The number of carbonyl (C=O) groups is 1. The third kappa shape index (κ3) is 2.38. The van der Waals surface area contributed by atoms with E-state index in [-0.39, 0.29) is 5.78 Å². The summed E-state index contributed by atoms with van der Waals surface area (Å²) in [5.74, 6) is 0.0249. The first-order valence-corrected chi connectivity index (χ1v) is 7.30. The van der Waals surface area contributed by atoms with Crippen LogP contribution in [0.1, 0.15) is 15.9 Å². The van der Waals surface area contributed by atoms with Crippen molar-refractivity contribution in [3.63, 3.8) is 0 Å². The maximum absolute atomic E-state index is 12.5. The van der Waals surface area contributed by atoms with E-state index < -0.39 is 0 Å². The minimum Gasteiger partial charge on any atom is -0.360 e. The predicted molar refractivity (Wildman–Crippen MR) is 83.6 cm³/mol. The standard InChI is InChI=1S/C15H9Br2NO/c16-10-3-1-9(2-4-10)15(19)13-8-18-14-6-5-11(17)7-12(13)14/h1-8,18H. The van der Waals surface area contributed by atoms with E-state index in [1.807, 2.05) is 42.5 Å². The van der Waals surface area contributed by atoms with Gasteiger partial charge in [-0.3, -0.25) is 4.79 Å². The number of rotatable bonds is 2. The second-order valence-corrected chi connectivity index (χ2v) is 6.06. The molecule has 2 aromatic carbocycles. The number of hydrogen-bond acceptors (Lipinski definition) is 1. The van der Waals surface area contributed by atoms with Crippen LogP contribution in [0, 0.1) is 0 Å². The first kappa shape index (κ1) is 12.6. The van der Waals surface area contributed by atoms with Gasteiger partial charge in [-0.15, -0.1) is 0 Å². The van der Waals surface area contributed by atoms with Crippen LogP contribution in [0.5, 0.6) is 0 Å². The average molecular weight is 379 g/mol. The predicted octanol–water partition coefficient (Wildman–Crippen LogP) is 4.92. The summed E-state index contributed by atoms with van der Waals surface area (Å²) in [6.45, 7) is 0. The molecule has 0 atom stereocenters. The van der Waals surface area contributed by atoms with E-state index in [0.717, 1.165) is 19.8 Å². The second-order valence-electron chi connectivity index (χ2n) is 4.23.